The molecule has 0 atom stereocenters. The lowest BCUT2D eigenvalue weighted by molar-refractivity contribution is 0.260. The van der Waals surface area contributed by atoms with Gasteiger partial charge in [-0.1, -0.05) is 6.07 Å². The molecule has 0 aromatic carbocycles. The molecule has 0 aliphatic heterocycles. The molecule has 0 saturated heterocycles. The highest BCUT2D eigenvalue weighted by molar-refractivity contribution is 5.34. The van der Waals surface area contributed by atoms with Gasteiger partial charge in [-0.05, 0) is 24.5 Å². The van der Waals surface area contributed by atoms with Crippen LogP contribution in [0.5, 0.6) is 0 Å². The maximum Gasteiger partial charge on any atom is 0.125 e. The van der Waals surface area contributed by atoms with E-state index in [1.54, 1.807) is 0 Å². The third kappa shape index (κ3) is 3.43. The van der Waals surface area contributed by atoms with Gasteiger partial charge >= 0.3 is 0 Å². The van der Waals surface area contributed by atoms with Gasteiger partial charge in [0.1, 0.15) is 5.82 Å². The van der Waals surface area contributed by atoms with Crippen molar-refractivity contribution in [3.8, 4) is 6.07 Å². The third-order valence-corrected chi connectivity index (χ3v) is 3.04. The van der Waals surface area contributed by atoms with Crippen molar-refractivity contribution >= 4 is 5.82 Å². The molecule has 1 aliphatic rings. The second kappa shape index (κ2) is 5.65. The maximum absolute atomic E-state index is 8.65. The predicted molar refractivity (Wildman–Crippen MR) is 67.4 cm³/mol. The Morgan fingerprint density at radius 3 is 2.88 bits per heavy atom. The van der Waals surface area contributed by atoms with E-state index in [0.717, 1.165) is 18.9 Å². The molecule has 1 aliphatic carbocycles. The summed E-state index contributed by atoms with van der Waals surface area (Å²) in [6, 6.07) is 6.99. The van der Waals surface area contributed by atoms with Crippen LogP contribution in [-0.2, 0) is 6.54 Å². The molecule has 1 saturated carbocycles. The zero-order valence-corrected chi connectivity index (χ0v) is 10.2. The topological polar surface area (TPSA) is 52.0 Å². The number of anilines is 1. The Balaban J connectivity index is 1.94. The SMILES string of the molecule is CNc1ccc(CN(CCC#N)C2CC2)cn1. The molecule has 0 unspecified atom stereocenters. The molecule has 1 fully saturated rings. The van der Waals surface area contributed by atoms with Crippen LogP contribution in [0.4, 0.5) is 5.82 Å². The third-order valence-electron chi connectivity index (χ3n) is 3.04. The fourth-order valence-electron chi connectivity index (χ4n) is 1.92. The molecule has 0 bridgehead atoms. The lowest BCUT2D eigenvalue weighted by atomic mass is 10.2. The summed E-state index contributed by atoms with van der Waals surface area (Å²) in [5.74, 6) is 0.892. The summed E-state index contributed by atoms with van der Waals surface area (Å²) in [7, 11) is 1.87. The Labute approximate surface area is 102 Å². The van der Waals surface area contributed by atoms with Crippen molar-refractivity contribution in [2.45, 2.75) is 31.8 Å². The van der Waals surface area contributed by atoms with Gasteiger partial charge in [0.2, 0.25) is 0 Å². The Bertz CT molecular complexity index is 389. The number of nitrogens with one attached hydrogen (secondary N) is 1. The number of nitriles is 1. The van der Waals surface area contributed by atoms with Gasteiger partial charge in [-0.25, -0.2) is 4.98 Å². The first-order valence-electron chi connectivity index (χ1n) is 6.07. The molecule has 90 valence electrons. The minimum absolute atomic E-state index is 0.610. The van der Waals surface area contributed by atoms with Gasteiger partial charge in [0.05, 0.1) is 6.07 Å². The fourth-order valence-corrected chi connectivity index (χ4v) is 1.92. The van der Waals surface area contributed by atoms with Crippen LogP contribution in [0.15, 0.2) is 18.3 Å². The summed E-state index contributed by atoms with van der Waals surface area (Å²) in [5, 5.41) is 11.7. The Kier molecular flexibility index (Phi) is 3.94. The first-order chi connectivity index (χ1) is 8.33. The lowest BCUT2D eigenvalue weighted by Gasteiger charge is -2.20. The quantitative estimate of drug-likeness (QED) is 0.812. The molecule has 0 amide bonds. The molecular weight excluding hydrogens is 212 g/mol. The molecule has 4 nitrogen and oxygen atoms in total. The molecule has 0 radical (unpaired) electrons. The minimum Gasteiger partial charge on any atom is -0.373 e. The number of aromatic nitrogens is 1. The van der Waals surface area contributed by atoms with E-state index >= 15 is 0 Å². The van der Waals surface area contributed by atoms with E-state index in [1.807, 2.05) is 19.3 Å². The molecule has 1 aromatic heterocycles. The highest BCUT2D eigenvalue weighted by Gasteiger charge is 2.28. The molecule has 4 heteroatoms. The number of hydrogen-bond donors (Lipinski definition) is 1. The standard InChI is InChI=1S/C13H18N4/c1-15-13-6-3-11(9-16-13)10-17(8-2-7-14)12-4-5-12/h3,6,9,12H,2,4-5,8,10H2,1H3,(H,15,16). The summed E-state index contributed by atoms with van der Waals surface area (Å²) in [6.45, 7) is 1.78. The molecule has 0 spiro atoms. The van der Waals surface area contributed by atoms with E-state index < -0.39 is 0 Å². The van der Waals surface area contributed by atoms with Crippen LogP contribution in [0.2, 0.25) is 0 Å². The average Bonchev–Trinajstić information content (AvgIpc) is 3.19. The summed E-state index contributed by atoms with van der Waals surface area (Å²) < 4.78 is 0. The Morgan fingerprint density at radius 2 is 2.35 bits per heavy atom. The van der Waals surface area contributed by atoms with Crippen molar-refractivity contribution < 1.29 is 0 Å². The summed E-state index contributed by atoms with van der Waals surface area (Å²) in [6.07, 6.45) is 5.06. The molecule has 2 rings (SSSR count). The van der Waals surface area contributed by atoms with Crippen molar-refractivity contribution in [1.29, 1.82) is 5.26 Å². The van der Waals surface area contributed by atoms with Crippen molar-refractivity contribution in [3.05, 3.63) is 23.9 Å². The van der Waals surface area contributed by atoms with Crippen molar-refractivity contribution in [1.82, 2.24) is 9.88 Å². The van der Waals surface area contributed by atoms with Gasteiger partial charge in [-0.2, -0.15) is 5.26 Å². The average molecular weight is 230 g/mol. The van der Waals surface area contributed by atoms with Gasteiger partial charge in [-0.3, -0.25) is 4.90 Å². The monoisotopic (exact) mass is 230 g/mol. The van der Waals surface area contributed by atoms with E-state index in [1.165, 1.54) is 18.4 Å². The van der Waals surface area contributed by atoms with E-state index in [4.69, 9.17) is 5.26 Å². The Morgan fingerprint density at radius 1 is 1.53 bits per heavy atom. The van der Waals surface area contributed by atoms with Gasteiger partial charge in [0.25, 0.3) is 0 Å². The van der Waals surface area contributed by atoms with Crippen LogP contribution in [0.25, 0.3) is 0 Å². The highest BCUT2D eigenvalue weighted by atomic mass is 15.2. The number of rotatable bonds is 6. The highest BCUT2D eigenvalue weighted by Crippen LogP contribution is 2.28. The fraction of sp³-hybridized carbons (Fsp3) is 0.538. The van der Waals surface area contributed by atoms with E-state index in [0.29, 0.717) is 12.5 Å². The van der Waals surface area contributed by atoms with Gasteiger partial charge < -0.3 is 5.32 Å². The number of hydrogen-bond acceptors (Lipinski definition) is 4. The normalized spacial score (nSPS) is 14.6. The second-order valence-electron chi connectivity index (χ2n) is 4.41. The maximum atomic E-state index is 8.65. The number of pyridine rings is 1. The molecule has 1 heterocycles. The van der Waals surface area contributed by atoms with Crippen LogP contribution in [0.3, 0.4) is 0 Å². The Hall–Kier alpha value is -1.60. The van der Waals surface area contributed by atoms with Crippen LogP contribution < -0.4 is 5.32 Å². The molecule has 1 N–H and O–H groups in total. The van der Waals surface area contributed by atoms with E-state index in [2.05, 4.69) is 27.3 Å². The van der Waals surface area contributed by atoms with Gasteiger partial charge in [0, 0.05) is 38.8 Å². The zero-order chi connectivity index (χ0) is 12.1. The van der Waals surface area contributed by atoms with E-state index in [9.17, 15) is 0 Å². The smallest absolute Gasteiger partial charge is 0.125 e. The van der Waals surface area contributed by atoms with Crippen LogP contribution in [0, 0.1) is 11.3 Å². The van der Waals surface area contributed by atoms with Crippen molar-refractivity contribution in [3.63, 3.8) is 0 Å². The predicted octanol–water partition coefficient (Wildman–Crippen LogP) is 2.00. The first-order valence-corrected chi connectivity index (χ1v) is 6.07. The zero-order valence-electron chi connectivity index (χ0n) is 10.2. The lowest BCUT2D eigenvalue weighted by Crippen LogP contribution is -2.26. The first kappa shape index (κ1) is 11.9. The second-order valence-corrected chi connectivity index (χ2v) is 4.41. The summed E-state index contributed by atoms with van der Waals surface area (Å²) in [4.78, 5) is 6.70. The summed E-state index contributed by atoms with van der Waals surface area (Å²) >= 11 is 0. The summed E-state index contributed by atoms with van der Waals surface area (Å²) in [5.41, 5.74) is 1.22. The van der Waals surface area contributed by atoms with Crippen LogP contribution in [0.1, 0.15) is 24.8 Å². The molecular formula is C13H18N4. The minimum atomic E-state index is 0.610. The van der Waals surface area contributed by atoms with Crippen molar-refractivity contribution in [2.24, 2.45) is 0 Å². The molecule has 17 heavy (non-hydrogen) atoms. The van der Waals surface area contributed by atoms with Crippen LogP contribution >= 0.6 is 0 Å². The van der Waals surface area contributed by atoms with Crippen molar-refractivity contribution in [2.75, 3.05) is 18.9 Å². The molecule has 1 aromatic rings. The number of nitrogens with zero attached hydrogens (tertiary/aromatic N) is 3. The van der Waals surface area contributed by atoms with E-state index in [-0.39, 0.29) is 0 Å². The van der Waals surface area contributed by atoms with Crippen LogP contribution in [-0.4, -0.2) is 29.5 Å². The van der Waals surface area contributed by atoms with Gasteiger partial charge in [-0.15, -0.1) is 0 Å². The largest absolute Gasteiger partial charge is 0.373 e. The van der Waals surface area contributed by atoms with Gasteiger partial charge in [0.15, 0.2) is 0 Å².